The molecule has 0 bridgehead atoms. The minimum atomic E-state index is -0.279. The SMILES string of the molecule is Cc1ccc(Nc2nnc(Cc3ccco3)c(=O)[nH]2)c(C)c1. The fourth-order valence-corrected chi connectivity index (χ4v) is 2.19. The van der Waals surface area contributed by atoms with Crippen molar-refractivity contribution in [2.24, 2.45) is 0 Å². The molecule has 0 atom stereocenters. The molecule has 0 aliphatic rings. The van der Waals surface area contributed by atoms with E-state index in [1.54, 1.807) is 18.4 Å². The van der Waals surface area contributed by atoms with E-state index in [9.17, 15) is 4.79 Å². The minimum absolute atomic E-state index is 0.279. The maximum Gasteiger partial charge on any atom is 0.274 e. The Morgan fingerprint density at radius 2 is 2.09 bits per heavy atom. The van der Waals surface area contributed by atoms with E-state index in [1.165, 1.54) is 5.56 Å². The van der Waals surface area contributed by atoms with Gasteiger partial charge in [-0.25, -0.2) is 0 Å². The first-order valence-electron chi connectivity index (χ1n) is 6.94. The molecule has 0 radical (unpaired) electrons. The van der Waals surface area contributed by atoms with E-state index in [2.05, 4.69) is 26.6 Å². The number of nitrogens with zero attached hydrogens (tertiary/aromatic N) is 2. The summed E-state index contributed by atoms with van der Waals surface area (Å²) in [7, 11) is 0. The van der Waals surface area contributed by atoms with Crippen LogP contribution in [0, 0.1) is 13.8 Å². The van der Waals surface area contributed by atoms with E-state index in [-0.39, 0.29) is 5.56 Å². The third kappa shape index (κ3) is 3.06. The number of furan rings is 1. The topological polar surface area (TPSA) is 83.8 Å². The molecule has 0 saturated heterocycles. The van der Waals surface area contributed by atoms with E-state index < -0.39 is 0 Å². The maximum absolute atomic E-state index is 12.1. The molecule has 2 heterocycles. The van der Waals surface area contributed by atoms with Crippen LogP contribution in [0.5, 0.6) is 0 Å². The zero-order chi connectivity index (χ0) is 15.5. The summed E-state index contributed by atoms with van der Waals surface area (Å²) < 4.78 is 5.21. The number of hydrogen-bond donors (Lipinski definition) is 2. The van der Waals surface area contributed by atoms with Gasteiger partial charge < -0.3 is 9.73 Å². The van der Waals surface area contributed by atoms with Gasteiger partial charge in [0.25, 0.3) is 5.56 Å². The van der Waals surface area contributed by atoms with Gasteiger partial charge >= 0.3 is 0 Å². The van der Waals surface area contributed by atoms with Gasteiger partial charge in [-0.15, -0.1) is 10.2 Å². The molecule has 22 heavy (non-hydrogen) atoms. The molecule has 0 spiro atoms. The Hall–Kier alpha value is -2.89. The second kappa shape index (κ2) is 5.85. The third-order valence-electron chi connectivity index (χ3n) is 3.32. The number of aromatic amines is 1. The van der Waals surface area contributed by atoms with Crippen LogP contribution < -0.4 is 10.9 Å². The number of H-pyrrole nitrogens is 1. The van der Waals surface area contributed by atoms with Crippen molar-refractivity contribution in [2.75, 3.05) is 5.32 Å². The lowest BCUT2D eigenvalue weighted by Gasteiger charge is -2.08. The first-order chi connectivity index (χ1) is 10.6. The molecule has 6 nitrogen and oxygen atoms in total. The largest absolute Gasteiger partial charge is 0.469 e. The molecule has 0 unspecified atom stereocenters. The summed E-state index contributed by atoms with van der Waals surface area (Å²) >= 11 is 0. The number of nitrogens with one attached hydrogen (secondary N) is 2. The van der Waals surface area contributed by atoms with Crippen LogP contribution in [0.15, 0.2) is 45.8 Å². The van der Waals surface area contributed by atoms with E-state index in [0.29, 0.717) is 23.8 Å². The number of rotatable bonds is 4. The summed E-state index contributed by atoms with van der Waals surface area (Å²) in [5.74, 6) is 0.995. The summed E-state index contributed by atoms with van der Waals surface area (Å²) in [5, 5.41) is 11.1. The minimum Gasteiger partial charge on any atom is -0.469 e. The van der Waals surface area contributed by atoms with Crippen molar-refractivity contribution in [3.63, 3.8) is 0 Å². The Balaban J connectivity index is 1.81. The molecule has 2 N–H and O–H groups in total. The molecule has 3 aromatic rings. The van der Waals surface area contributed by atoms with Gasteiger partial charge in [-0.3, -0.25) is 9.78 Å². The van der Waals surface area contributed by atoms with Gasteiger partial charge in [0.2, 0.25) is 5.95 Å². The van der Waals surface area contributed by atoms with E-state index >= 15 is 0 Å². The third-order valence-corrected chi connectivity index (χ3v) is 3.32. The molecule has 1 aromatic carbocycles. The zero-order valence-electron chi connectivity index (χ0n) is 12.4. The first-order valence-corrected chi connectivity index (χ1v) is 6.94. The Bertz CT molecular complexity index is 838. The molecular formula is C16H16N4O2. The van der Waals surface area contributed by atoms with Gasteiger partial charge in [0.15, 0.2) is 0 Å². The average molecular weight is 296 g/mol. The van der Waals surface area contributed by atoms with Gasteiger partial charge in [0, 0.05) is 5.69 Å². The highest BCUT2D eigenvalue weighted by Gasteiger charge is 2.08. The lowest BCUT2D eigenvalue weighted by Crippen LogP contribution is -2.18. The zero-order valence-corrected chi connectivity index (χ0v) is 12.4. The Morgan fingerprint density at radius 1 is 1.23 bits per heavy atom. The average Bonchev–Trinajstić information content (AvgIpc) is 2.98. The first kappa shape index (κ1) is 14.1. The van der Waals surface area contributed by atoms with Crippen LogP contribution in [0.3, 0.4) is 0 Å². The highest BCUT2D eigenvalue weighted by Crippen LogP contribution is 2.18. The van der Waals surface area contributed by atoms with Crippen molar-refractivity contribution in [3.05, 3.63) is 69.5 Å². The number of aromatic nitrogens is 3. The Morgan fingerprint density at radius 3 is 2.77 bits per heavy atom. The lowest BCUT2D eigenvalue weighted by atomic mass is 10.1. The van der Waals surface area contributed by atoms with Gasteiger partial charge in [0.05, 0.1) is 12.7 Å². The molecule has 0 amide bonds. The standard InChI is InChI=1S/C16H16N4O2/c1-10-5-6-13(11(2)8-10)17-16-18-15(21)14(19-20-16)9-12-4-3-7-22-12/h3-8H,9H2,1-2H3,(H2,17,18,20,21). The summed E-state index contributed by atoms with van der Waals surface area (Å²) in [5.41, 5.74) is 3.17. The fraction of sp³-hybridized carbons (Fsp3) is 0.188. The van der Waals surface area contributed by atoms with E-state index in [1.807, 2.05) is 26.0 Å². The number of hydrogen-bond acceptors (Lipinski definition) is 5. The molecule has 112 valence electrons. The monoisotopic (exact) mass is 296 g/mol. The number of anilines is 2. The second-order valence-electron chi connectivity index (χ2n) is 5.15. The van der Waals surface area contributed by atoms with Gasteiger partial charge in [0.1, 0.15) is 11.5 Å². The summed E-state index contributed by atoms with van der Waals surface area (Å²) in [4.78, 5) is 14.8. The van der Waals surface area contributed by atoms with Crippen molar-refractivity contribution < 1.29 is 4.42 Å². The molecule has 6 heteroatoms. The molecule has 0 aliphatic carbocycles. The molecule has 2 aromatic heterocycles. The normalized spacial score (nSPS) is 10.6. The van der Waals surface area contributed by atoms with Crippen molar-refractivity contribution >= 4 is 11.6 Å². The maximum atomic E-state index is 12.1. The van der Waals surface area contributed by atoms with Crippen LogP contribution in [0.25, 0.3) is 0 Å². The predicted octanol–water partition coefficient (Wildman–Crippen LogP) is 2.71. The van der Waals surface area contributed by atoms with Crippen LogP contribution >= 0.6 is 0 Å². The van der Waals surface area contributed by atoms with Crippen molar-refractivity contribution in [2.45, 2.75) is 20.3 Å². The molecule has 3 rings (SSSR count). The predicted molar refractivity (Wildman–Crippen MR) is 83.4 cm³/mol. The van der Waals surface area contributed by atoms with Crippen LogP contribution in [0.4, 0.5) is 11.6 Å². The van der Waals surface area contributed by atoms with Gasteiger partial charge in [-0.2, -0.15) is 0 Å². The fourth-order valence-electron chi connectivity index (χ4n) is 2.19. The molecular weight excluding hydrogens is 280 g/mol. The summed E-state index contributed by atoms with van der Waals surface area (Å²) in [6.07, 6.45) is 1.88. The Kier molecular flexibility index (Phi) is 3.74. The van der Waals surface area contributed by atoms with Crippen molar-refractivity contribution in [1.29, 1.82) is 0 Å². The van der Waals surface area contributed by atoms with Crippen LogP contribution in [0.1, 0.15) is 22.6 Å². The number of aryl methyl sites for hydroxylation is 2. The van der Waals surface area contributed by atoms with Crippen LogP contribution in [-0.2, 0) is 6.42 Å². The van der Waals surface area contributed by atoms with Gasteiger partial charge in [-0.1, -0.05) is 17.7 Å². The Labute approximate surface area is 127 Å². The van der Waals surface area contributed by atoms with E-state index in [4.69, 9.17) is 4.42 Å². The second-order valence-corrected chi connectivity index (χ2v) is 5.15. The molecule has 0 fully saturated rings. The van der Waals surface area contributed by atoms with Crippen molar-refractivity contribution in [1.82, 2.24) is 15.2 Å². The quantitative estimate of drug-likeness (QED) is 0.773. The smallest absolute Gasteiger partial charge is 0.274 e. The lowest BCUT2D eigenvalue weighted by molar-refractivity contribution is 0.517. The molecule has 0 saturated carbocycles. The van der Waals surface area contributed by atoms with Gasteiger partial charge in [-0.05, 0) is 37.6 Å². The number of benzene rings is 1. The van der Waals surface area contributed by atoms with Crippen LogP contribution in [-0.4, -0.2) is 15.2 Å². The van der Waals surface area contributed by atoms with Crippen LogP contribution in [0.2, 0.25) is 0 Å². The highest BCUT2D eigenvalue weighted by atomic mass is 16.3. The van der Waals surface area contributed by atoms with E-state index in [0.717, 1.165) is 11.3 Å². The molecule has 0 aliphatic heterocycles. The van der Waals surface area contributed by atoms with Crippen molar-refractivity contribution in [3.8, 4) is 0 Å². The highest BCUT2D eigenvalue weighted by molar-refractivity contribution is 5.58. The summed E-state index contributed by atoms with van der Waals surface area (Å²) in [6.45, 7) is 4.02. The summed E-state index contributed by atoms with van der Waals surface area (Å²) in [6, 6.07) is 9.56.